The predicted molar refractivity (Wildman–Crippen MR) is 70.3 cm³/mol. The lowest BCUT2D eigenvalue weighted by atomic mass is 9.92. The Balaban J connectivity index is 3.52. The second-order valence-electron chi connectivity index (χ2n) is 4.74. The van der Waals surface area contributed by atoms with E-state index < -0.39 is 0 Å². The van der Waals surface area contributed by atoms with E-state index in [1.165, 1.54) is 51.4 Å². The maximum Gasteiger partial charge on any atom is 0.00614 e. The van der Waals surface area contributed by atoms with Crippen LogP contribution in [0, 0.1) is 5.92 Å². The Morgan fingerprint density at radius 3 is 2.00 bits per heavy atom. The van der Waals surface area contributed by atoms with Gasteiger partial charge in [-0.15, -0.1) is 0 Å². The van der Waals surface area contributed by atoms with Crippen molar-refractivity contribution in [1.29, 1.82) is 0 Å². The highest BCUT2D eigenvalue weighted by Crippen LogP contribution is 2.20. The first kappa shape index (κ1) is 15.0. The smallest absolute Gasteiger partial charge is 0.00614 e. The average Bonchev–Trinajstić information content (AvgIpc) is 2.28. The SMILES string of the molecule is CCCCC(CC)CCCC(CC)NC. The van der Waals surface area contributed by atoms with Gasteiger partial charge in [0.15, 0.2) is 0 Å². The van der Waals surface area contributed by atoms with Crippen LogP contribution in [0.4, 0.5) is 0 Å². The molecule has 1 nitrogen and oxygen atoms in total. The second kappa shape index (κ2) is 10.5. The third-order valence-corrected chi connectivity index (χ3v) is 3.61. The van der Waals surface area contributed by atoms with E-state index >= 15 is 0 Å². The quantitative estimate of drug-likeness (QED) is 0.568. The van der Waals surface area contributed by atoms with Crippen molar-refractivity contribution in [3.8, 4) is 0 Å². The van der Waals surface area contributed by atoms with Gasteiger partial charge in [-0.3, -0.25) is 0 Å². The molecule has 0 aromatic rings. The summed E-state index contributed by atoms with van der Waals surface area (Å²) in [5, 5.41) is 3.39. The molecule has 0 aliphatic rings. The fourth-order valence-corrected chi connectivity index (χ4v) is 2.25. The molecule has 0 rings (SSSR count). The van der Waals surface area contributed by atoms with Crippen molar-refractivity contribution in [1.82, 2.24) is 5.32 Å². The molecule has 0 aromatic heterocycles. The fraction of sp³-hybridized carbons (Fsp3) is 1.00. The first-order valence-electron chi connectivity index (χ1n) is 6.95. The molecule has 1 N–H and O–H groups in total. The molecule has 15 heavy (non-hydrogen) atoms. The normalized spacial score (nSPS) is 15.2. The van der Waals surface area contributed by atoms with Crippen molar-refractivity contribution < 1.29 is 0 Å². The summed E-state index contributed by atoms with van der Waals surface area (Å²) in [5.41, 5.74) is 0. The number of rotatable bonds is 10. The van der Waals surface area contributed by atoms with E-state index in [0.29, 0.717) is 0 Å². The van der Waals surface area contributed by atoms with Crippen molar-refractivity contribution in [3.05, 3.63) is 0 Å². The van der Waals surface area contributed by atoms with Gasteiger partial charge < -0.3 is 5.32 Å². The molecule has 0 saturated carbocycles. The van der Waals surface area contributed by atoms with Crippen molar-refractivity contribution in [2.24, 2.45) is 5.92 Å². The number of hydrogen-bond acceptors (Lipinski definition) is 1. The van der Waals surface area contributed by atoms with Crippen LogP contribution in [-0.4, -0.2) is 13.1 Å². The van der Waals surface area contributed by atoms with Crippen molar-refractivity contribution in [2.45, 2.75) is 78.2 Å². The molecule has 92 valence electrons. The molecule has 0 fully saturated rings. The molecule has 0 saturated heterocycles. The monoisotopic (exact) mass is 213 g/mol. The Bertz CT molecular complexity index is 119. The van der Waals surface area contributed by atoms with Gasteiger partial charge in [-0.2, -0.15) is 0 Å². The van der Waals surface area contributed by atoms with Gasteiger partial charge in [0.1, 0.15) is 0 Å². The highest BCUT2D eigenvalue weighted by atomic mass is 14.9. The van der Waals surface area contributed by atoms with Crippen LogP contribution < -0.4 is 5.32 Å². The molecule has 0 radical (unpaired) electrons. The maximum absolute atomic E-state index is 3.39. The van der Waals surface area contributed by atoms with E-state index in [1.54, 1.807) is 0 Å². The minimum absolute atomic E-state index is 0.744. The highest BCUT2D eigenvalue weighted by molar-refractivity contribution is 4.64. The zero-order valence-corrected chi connectivity index (χ0v) is 11.3. The molecule has 0 aliphatic heterocycles. The van der Waals surface area contributed by atoms with E-state index in [-0.39, 0.29) is 0 Å². The van der Waals surface area contributed by atoms with Crippen molar-refractivity contribution in [2.75, 3.05) is 7.05 Å². The molecule has 0 aliphatic carbocycles. The minimum Gasteiger partial charge on any atom is -0.317 e. The van der Waals surface area contributed by atoms with E-state index in [2.05, 4.69) is 33.1 Å². The lowest BCUT2D eigenvalue weighted by Crippen LogP contribution is -2.24. The Labute approximate surface area is 97.0 Å². The fourth-order valence-electron chi connectivity index (χ4n) is 2.25. The summed E-state index contributed by atoms with van der Waals surface area (Å²) in [6.07, 6.45) is 11.1. The summed E-state index contributed by atoms with van der Waals surface area (Å²) >= 11 is 0. The highest BCUT2D eigenvalue weighted by Gasteiger charge is 2.07. The minimum atomic E-state index is 0.744. The zero-order chi connectivity index (χ0) is 11.5. The third-order valence-electron chi connectivity index (χ3n) is 3.61. The maximum atomic E-state index is 3.39. The van der Waals surface area contributed by atoms with E-state index in [1.807, 2.05) is 0 Å². The molecule has 0 heterocycles. The molecule has 0 spiro atoms. The summed E-state index contributed by atoms with van der Waals surface area (Å²) in [6, 6.07) is 0.744. The average molecular weight is 213 g/mol. The van der Waals surface area contributed by atoms with Crippen LogP contribution >= 0.6 is 0 Å². The van der Waals surface area contributed by atoms with Gasteiger partial charge in [-0.1, -0.05) is 59.3 Å². The lowest BCUT2D eigenvalue weighted by molar-refractivity contribution is 0.383. The summed E-state index contributed by atoms with van der Waals surface area (Å²) in [5.74, 6) is 0.985. The van der Waals surface area contributed by atoms with Gasteiger partial charge >= 0.3 is 0 Å². The molecule has 0 aromatic carbocycles. The molecule has 2 unspecified atom stereocenters. The number of hydrogen-bond donors (Lipinski definition) is 1. The second-order valence-corrected chi connectivity index (χ2v) is 4.74. The van der Waals surface area contributed by atoms with Gasteiger partial charge in [0.2, 0.25) is 0 Å². The third kappa shape index (κ3) is 7.84. The molecule has 1 heteroatoms. The first-order chi connectivity index (χ1) is 7.28. The van der Waals surface area contributed by atoms with Crippen molar-refractivity contribution >= 4 is 0 Å². The van der Waals surface area contributed by atoms with Crippen LogP contribution in [-0.2, 0) is 0 Å². The molecular formula is C14H31N. The summed E-state index contributed by atoms with van der Waals surface area (Å²) in [7, 11) is 2.09. The molecule has 2 atom stereocenters. The van der Waals surface area contributed by atoms with Crippen LogP contribution in [0.15, 0.2) is 0 Å². The number of nitrogens with one attached hydrogen (secondary N) is 1. The summed E-state index contributed by atoms with van der Waals surface area (Å²) in [6.45, 7) is 6.91. The van der Waals surface area contributed by atoms with E-state index in [9.17, 15) is 0 Å². The van der Waals surface area contributed by atoms with Crippen LogP contribution in [0.2, 0.25) is 0 Å². The van der Waals surface area contributed by atoms with Crippen LogP contribution in [0.25, 0.3) is 0 Å². The van der Waals surface area contributed by atoms with Gasteiger partial charge in [0.05, 0.1) is 0 Å². The van der Waals surface area contributed by atoms with Gasteiger partial charge in [-0.25, -0.2) is 0 Å². The van der Waals surface area contributed by atoms with E-state index in [4.69, 9.17) is 0 Å². The standard InChI is InChI=1S/C14H31N/c1-5-8-10-13(6-2)11-9-12-14(7-3)15-4/h13-15H,5-12H2,1-4H3. The Hall–Kier alpha value is -0.0400. The largest absolute Gasteiger partial charge is 0.317 e. The molecular weight excluding hydrogens is 182 g/mol. The Kier molecular flexibility index (Phi) is 10.4. The lowest BCUT2D eigenvalue weighted by Gasteiger charge is -2.17. The molecule has 0 bridgehead atoms. The number of unbranched alkanes of at least 4 members (excludes halogenated alkanes) is 1. The van der Waals surface area contributed by atoms with E-state index in [0.717, 1.165) is 12.0 Å². The van der Waals surface area contributed by atoms with Gasteiger partial charge in [-0.05, 0) is 25.8 Å². The van der Waals surface area contributed by atoms with Crippen LogP contribution in [0.1, 0.15) is 72.1 Å². The van der Waals surface area contributed by atoms with Crippen LogP contribution in [0.3, 0.4) is 0 Å². The predicted octanol–water partition coefficient (Wildman–Crippen LogP) is 4.37. The Morgan fingerprint density at radius 2 is 1.53 bits per heavy atom. The zero-order valence-electron chi connectivity index (χ0n) is 11.3. The van der Waals surface area contributed by atoms with Crippen molar-refractivity contribution in [3.63, 3.8) is 0 Å². The topological polar surface area (TPSA) is 12.0 Å². The Morgan fingerprint density at radius 1 is 0.867 bits per heavy atom. The summed E-state index contributed by atoms with van der Waals surface area (Å²) < 4.78 is 0. The van der Waals surface area contributed by atoms with Gasteiger partial charge in [0.25, 0.3) is 0 Å². The van der Waals surface area contributed by atoms with Crippen LogP contribution in [0.5, 0.6) is 0 Å². The molecule has 0 amide bonds. The van der Waals surface area contributed by atoms with Gasteiger partial charge in [0, 0.05) is 6.04 Å². The first-order valence-corrected chi connectivity index (χ1v) is 6.95. The summed E-state index contributed by atoms with van der Waals surface area (Å²) in [4.78, 5) is 0.